The highest BCUT2D eigenvalue weighted by Gasteiger charge is 2.54. The first kappa shape index (κ1) is 22.3. The fourth-order valence-corrected chi connectivity index (χ4v) is 4.27. The summed E-state index contributed by atoms with van der Waals surface area (Å²) in [5.74, 6) is -1.41. The first-order valence-corrected chi connectivity index (χ1v) is 11.4. The molecule has 5 amide bonds. The van der Waals surface area contributed by atoms with Crippen LogP contribution >= 0.6 is 0 Å². The Bertz CT molecular complexity index is 1250. The van der Waals surface area contributed by atoms with Gasteiger partial charge in [0.25, 0.3) is 11.8 Å². The van der Waals surface area contributed by atoms with Crippen molar-refractivity contribution in [2.24, 2.45) is 0 Å². The van der Waals surface area contributed by atoms with Crippen molar-refractivity contribution >= 4 is 29.4 Å². The number of carbonyl (C=O) groups is 4. The lowest BCUT2D eigenvalue weighted by atomic mass is 9.82. The fourth-order valence-electron chi connectivity index (χ4n) is 4.27. The molecule has 35 heavy (non-hydrogen) atoms. The van der Waals surface area contributed by atoms with Crippen molar-refractivity contribution in [3.63, 3.8) is 0 Å². The van der Waals surface area contributed by atoms with Gasteiger partial charge in [-0.1, -0.05) is 72.8 Å². The minimum absolute atomic E-state index is 0.168. The van der Waals surface area contributed by atoms with E-state index < -0.39 is 29.9 Å². The maximum absolute atomic E-state index is 13.7. The van der Waals surface area contributed by atoms with Crippen LogP contribution in [0.1, 0.15) is 34.3 Å². The van der Waals surface area contributed by atoms with Crippen LogP contribution in [0.3, 0.4) is 0 Å². The number of nitrogens with one attached hydrogen (secondary N) is 3. The summed E-state index contributed by atoms with van der Waals surface area (Å²) in [5.41, 5.74) is 0.388. The SMILES string of the molecule is O=C(CN1C(=O)NC(c2ccccc2)(c2ccccc2)C1=O)Nc1ccccc1C(=O)NC1CC1. The van der Waals surface area contributed by atoms with Gasteiger partial charge in [0.1, 0.15) is 6.54 Å². The molecule has 3 aromatic carbocycles. The van der Waals surface area contributed by atoms with Crippen LogP contribution in [0.15, 0.2) is 84.9 Å². The Balaban J connectivity index is 1.39. The number of para-hydroxylation sites is 1. The lowest BCUT2D eigenvalue weighted by molar-refractivity contribution is -0.133. The Morgan fingerprint density at radius 1 is 0.857 bits per heavy atom. The molecule has 1 heterocycles. The summed E-state index contributed by atoms with van der Waals surface area (Å²) in [6.45, 7) is -0.495. The van der Waals surface area contributed by atoms with Gasteiger partial charge >= 0.3 is 6.03 Å². The van der Waals surface area contributed by atoms with Crippen molar-refractivity contribution in [3.8, 4) is 0 Å². The highest BCUT2D eigenvalue weighted by molar-refractivity contribution is 6.12. The fraction of sp³-hybridized carbons (Fsp3) is 0.185. The van der Waals surface area contributed by atoms with Crippen LogP contribution in [0.2, 0.25) is 0 Å². The lowest BCUT2D eigenvalue weighted by Gasteiger charge is -2.28. The second-order valence-electron chi connectivity index (χ2n) is 8.64. The van der Waals surface area contributed by atoms with E-state index in [0.29, 0.717) is 22.4 Å². The van der Waals surface area contributed by atoms with Crippen molar-refractivity contribution in [1.82, 2.24) is 15.5 Å². The third-order valence-electron chi connectivity index (χ3n) is 6.18. The van der Waals surface area contributed by atoms with Gasteiger partial charge in [0.15, 0.2) is 5.54 Å². The number of benzene rings is 3. The van der Waals surface area contributed by atoms with Crippen molar-refractivity contribution in [1.29, 1.82) is 0 Å². The van der Waals surface area contributed by atoms with Crippen LogP contribution in [0.4, 0.5) is 10.5 Å². The van der Waals surface area contributed by atoms with Crippen LogP contribution in [0.5, 0.6) is 0 Å². The smallest absolute Gasteiger partial charge is 0.326 e. The van der Waals surface area contributed by atoms with Crippen molar-refractivity contribution < 1.29 is 19.2 Å². The maximum Gasteiger partial charge on any atom is 0.326 e. The summed E-state index contributed by atoms with van der Waals surface area (Å²) < 4.78 is 0. The van der Waals surface area contributed by atoms with Gasteiger partial charge in [0.05, 0.1) is 11.3 Å². The summed E-state index contributed by atoms with van der Waals surface area (Å²) in [4.78, 5) is 53.1. The number of carbonyl (C=O) groups excluding carboxylic acids is 4. The van der Waals surface area contributed by atoms with E-state index in [1.54, 1.807) is 72.8 Å². The predicted octanol–water partition coefficient (Wildman–Crippen LogP) is 3.01. The van der Waals surface area contributed by atoms with Gasteiger partial charge in [-0.05, 0) is 36.1 Å². The van der Waals surface area contributed by atoms with E-state index in [2.05, 4.69) is 16.0 Å². The van der Waals surface area contributed by atoms with E-state index in [9.17, 15) is 19.2 Å². The van der Waals surface area contributed by atoms with E-state index in [4.69, 9.17) is 0 Å². The Morgan fingerprint density at radius 2 is 1.43 bits per heavy atom. The minimum atomic E-state index is -1.44. The zero-order valence-electron chi connectivity index (χ0n) is 18.9. The summed E-state index contributed by atoms with van der Waals surface area (Å²) in [6.07, 6.45) is 1.88. The number of urea groups is 1. The molecule has 0 unspecified atom stereocenters. The summed E-state index contributed by atoms with van der Waals surface area (Å²) in [5, 5.41) is 8.41. The van der Waals surface area contributed by atoms with E-state index in [-0.39, 0.29) is 11.9 Å². The molecular weight excluding hydrogens is 444 g/mol. The number of anilines is 1. The first-order valence-electron chi connectivity index (χ1n) is 11.4. The monoisotopic (exact) mass is 468 g/mol. The molecule has 0 aromatic heterocycles. The summed E-state index contributed by atoms with van der Waals surface area (Å²) in [7, 11) is 0. The quantitative estimate of drug-likeness (QED) is 0.463. The Labute approximate surface area is 202 Å². The second-order valence-corrected chi connectivity index (χ2v) is 8.64. The van der Waals surface area contributed by atoms with Crippen LogP contribution in [0.25, 0.3) is 0 Å². The molecule has 8 nitrogen and oxygen atoms in total. The number of nitrogens with zero attached hydrogens (tertiary/aromatic N) is 1. The Hall–Kier alpha value is -4.46. The minimum Gasteiger partial charge on any atom is -0.349 e. The van der Waals surface area contributed by atoms with Crippen molar-refractivity contribution in [2.45, 2.75) is 24.4 Å². The molecule has 0 bridgehead atoms. The summed E-state index contributed by atoms with van der Waals surface area (Å²) >= 11 is 0. The van der Waals surface area contributed by atoms with Gasteiger partial charge in [-0.3, -0.25) is 19.3 Å². The van der Waals surface area contributed by atoms with E-state index in [1.807, 2.05) is 12.1 Å². The molecule has 0 radical (unpaired) electrons. The third kappa shape index (κ3) is 4.26. The van der Waals surface area contributed by atoms with Crippen LogP contribution in [-0.4, -0.2) is 41.2 Å². The normalized spacial score (nSPS) is 16.5. The van der Waals surface area contributed by atoms with E-state index >= 15 is 0 Å². The van der Waals surface area contributed by atoms with Gasteiger partial charge in [0.2, 0.25) is 5.91 Å². The standard InChI is InChI=1S/C27H24N4O4/c32-23(29-22-14-8-7-13-21(22)24(33)28-20-15-16-20)17-31-25(34)27(30-26(31)35,18-9-3-1-4-10-18)19-11-5-2-6-12-19/h1-14,20H,15-17H2,(H,28,33)(H,29,32)(H,30,35). The van der Waals surface area contributed by atoms with E-state index in [0.717, 1.165) is 17.7 Å². The number of hydrogen-bond donors (Lipinski definition) is 3. The molecule has 1 aliphatic heterocycles. The van der Waals surface area contributed by atoms with E-state index in [1.165, 1.54) is 0 Å². The van der Waals surface area contributed by atoms with Crippen molar-refractivity contribution in [3.05, 3.63) is 102 Å². The van der Waals surface area contributed by atoms with Crippen molar-refractivity contribution in [2.75, 3.05) is 11.9 Å². The van der Waals surface area contributed by atoms with Crippen LogP contribution in [-0.2, 0) is 15.1 Å². The third-order valence-corrected chi connectivity index (χ3v) is 6.18. The van der Waals surface area contributed by atoms with Crippen LogP contribution in [0, 0.1) is 0 Å². The molecule has 1 saturated heterocycles. The second kappa shape index (κ2) is 9.06. The van der Waals surface area contributed by atoms with Gasteiger partial charge in [-0.15, -0.1) is 0 Å². The largest absolute Gasteiger partial charge is 0.349 e. The molecule has 3 aromatic rings. The lowest BCUT2D eigenvalue weighted by Crippen LogP contribution is -2.45. The number of imide groups is 1. The van der Waals surface area contributed by atoms with Gasteiger partial charge in [-0.25, -0.2) is 4.79 Å². The number of amides is 5. The molecule has 176 valence electrons. The topological polar surface area (TPSA) is 108 Å². The molecule has 1 aliphatic carbocycles. The van der Waals surface area contributed by atoms with Gasteiger partial charge < -0.3 is 16.0 Å². The molecular formula is C27H24N4O4. The molecule has 8 heteroatoms. The highest BCUT2D eigenvalue weighted by atomic mass is 16.2. The van der Waals surface area contributed by atoms with Gasteiger partial charge in [-0.2, -0.15) is 0 Å². The molecule has 2 fully saturated rings. The molecule has 0 spiro atoms. The molecule has 5 rings (SSSR count). The Morgan fingerprint density at radius 3 is 2.03 bits per heavy atom. The molecule has 2 aliphatic rings. The number of rotatable bonds is 7. The zero-order valence-corrected chi connectivity index (χ0v) is 18.9. The predicted molar refractivity (Wildman–Crippen MR) is 129 cm³/mol. The van der Waals surface area contributed by atoms with Gasteiger partial charge in [0, 0.05) is 6.04 Å². The number of hydrogen-bond acceptors (Lipinski definition) is 4. The Kier molecular flexibility index (Phi) is 5.78. The zero-order chi connectivity index (χ0) is 24.4. The first-order chi connectivity index (χ1) is 17.0. The average Bonchev–Trinajstić information content (AvgIpc) is 3.66. The summed E-state index contributed by atoms with van der Waals surface area (Å²) in [6, 6.07) is 24.0. The highest BCUT2D eigenvalue weighted by Crippen LogP contribution is 2.36. The maximum atomic E-state index is 13.7. The molecule has 1 saturated carbocycles. The molecule has 0 atom stereocenters. The van der Waals surface area contributed by atoms with Crippen LogP contribution < -0.4 is 16.0 Å². The average molecular weight is 469 g/mol. The molecule has 3 N–H and O–H groups in total.